The van der Waals surface area contributed by atoms with Gasteiger partial charge in [-0.05, 0) is 18.6 Å². The van der Waals surface area contributed by atoms with E-state index < -0.39 is 0 Å². The van der Waals surface area contributed by atoms with Crippen LogP contribution in [-0.2, 0) is 14.3 Å². The fraction of sp³-hybridized carbons (Fsp3) is 0.750. The van der Waals surface area contributed by atoms with Gasteiger partial charge in [-0.1, -0.05) is 0 Å². The van der Waals surface area contributed by atoms with Crippen molar-refractivity contribution >= 4 is 23.3 Å². The highest BCUT2D eigenvalue weighted by Crippen LogP contribution is 1.77. The normalized spacial score (nSPS) is 9.29. The molecule has 14 heavy (non-hydrogen) atoms. The number of carbonyl (C=O) groups excluding carboxylic acids is 1. The van der Waals surface area contributed by atoms with E-state index >= 15 is 0 Å². The fourth-order valence-corrected chi connectivity index (χ4v) is 0.880. The highest BCUT2D eigenvalue weighted by atomic mass is 32.1. The Hall–Kier alpha value is -0.880. The number of methoxy groups -OCH3 is 2. The molecule has 0 aliphatic heterocycles. The molecule has 0 saturated heterocycles. The molecule has 0 radical (unpaired) electrons. The average molecular weight is 220 g/mol. The molecule has 82 valence electrons. The van der Waals surface area contributed by atoms with E-state index in [1.54, 1.807) is 7.11 Å². The van der Waals surface area contributed by atoms with Gasteiger partial charge in [0, 0.05) is 20.3 Å². The van der Waals surface area contributed by atoms with Crippen LogP contribution in [-0.4, -0.2) is 45.0 Å². The second-order valence-electron chi connectivity index (χ2n) is 2.53. The molecular formula is C8H16N2O3S. The van der Waals surface area contributed by atoms with E-state index in [2.05, 4.69) is 15.4 Å². The topological polar surface area (TPSA) is 59.6 Å². The molecule has 0 fully saturated rings. The largest absolute Gasteiger partial charge is 0.468 e. The molecule has 6 heteroatoms. The van der Waals surface area contributed by atoms with E-state index in [4.69, 9.17) is 17.0 Å². The number of esters is 1. The van der Waals surface area contributed by atoms with Crippen LogP contribution >= 0.6 is 12.2 Å². The highest BCUT2D eigenvalue weighted by molar-refractivity contribution is 7.80. The monoisotopic (exact) mass is 220 g/mol. The number of ether oxygens (including phenoxy) is 2. The van der Waals surface area contributed by atoms with Crippen LogP contribution in [0.3, 0.4) is 0 Å². The Kier molecular flexibility index (Phi) is 8.16. The second-order valence-corrected chi connectivity index (χ2v) is 2.94. The first-order chi connectivity index (χ1) is 6.70. The van der Waals surface area contributed by atoms with E-state index in [-0.39, 0.29) is 12.5 Å². The summed E-state index contributed by atoms with van der Waals surface area (Å²) < 4.78 is 9.30. The molecule has 0 saturated carbocycles. The summed E-state index contributed by atoms with van der Waals surface area (Å²) in [5.74, 6) is -0.342. The van der Waals surface area contributed by atoms with Crippen molar-refractivity contribution in [3.05, 3.63) is 0 Å². The fourth-order valence-electron chi connectivity index (χ4n) is 0.706. The predicted molar refractivity (Wildman–Crippen MR) is 57.1 cm³/mol. The van der Waals surface area contributed by atoms with Crippen molar-refractivity contribution in [2.24, 2.45) is 0 Å². The number of hydrogen-bond acceptors (Lipinski definition) is 4. The molecule has 0 rings (SSSR count). The quantitative estimate of drug-likeness (QED) is 0.363. The van der Waals surface area contributed by atoms with Crippen LogP contribution < -0.4 is 10.6 Å². The van der Waals surface area contributed by atoms with E-state index in [1.165, 1.54) is 7.11 Å². The van der Waals surface area contributed by atoms with Gasteiger partial charge in [0.15, 0.2) is 5.11 Å². The Labute approximate surface area is 89.1 Å². The second kappa shape index (κ2) is 8.71. The molecule has 5 nitrogen and oxygen atoms in total. The highest BCUT2D eigenvalue weighted by Gasteiger charge is 2.00. The maximum absolute atomic E-state index is 10.7. The third-order valence-corrected chi connectivity index (χ3v) is 1.72. The first kappa shape index (κ1) is 13.1. The summed E-state index contributed by atoms with van der Waals surface area (Å²) in [5, 5.41) is 6.10. The standard InChI is InChI=1S/C8H16N2O3S/c1-12-5-3-4-9-8(14)10-6-7(11)13-2/h3-6H2,1-2H3,(H2,9,10,14). The van der Waals surface area contributed by atoms with Gasteiger partial charge in [-0.25, -0.2) is 0 Å². The van der Waals surface area contributed by atoms with Gasteiger partial charge in [0.05, 0.1) is 7.11 Å². The van der Waals surface area contributed by atoms with Gasteiger partial charge >= 0.3 is 5.97 Å². The van der Waals surface area contributed by atoms with Crippen LogP contribution in [0.5, 0.6) is 0 Å². The number of thiocarbonyl (C=S) groups is 1. The maximum Gasteiger partial charge on any atom is 0.325 e. The Morgan fingerprint density at radius 2 is 2.07 bits per heavy atom. The summed E-state index contributed by atoms with van der Waals surface area (Å²) in [6.07, 6.45) is 0.872. The summed E-state index contributed by atoms with van der Waals surface area (Å²) >= 11 is 4.90. The minimum Gasteiger partial charge on any atom is -0.468 e. The van der Waals surface area contributed by atoms with Gasteiger partial charge in [0.1, 0.15) is 6.54 Å². The van der Waals surface area contributed by atoms with Crippen LogP contribution in [0, 0.1) is 0 Å². The lowest BCUT2D eigenvalue weighted by atomic mass is 10.4. The minimum atomic E-state index is -0.342. The third-order valence-electron chi connectivity index (χ3n) is 1.43. The lowest BCUT2D eigenvalue weighted by molar-refractivity contribution is -0.139. The predicted octanol–water partition coefficient (Wildman–Crippen LogP) is -0.340. The first-order valence-corrected chi connectivity index (χ1v) is 4.69. The zero-order chi connectivity index (χ0) is 10.8. The lowest BCUT2D eigenvalue weighted by Gasteiger charge is -2.08. The van der Waals surface area contributed by atoms with Crippen LogP contribution in [0.1, 0.15) is 6.42 Å². The van der Waals surface area contributed by atoms with Crippen molar-refractivity contribution in [3.63, 3.8) is 0 Å². The third kappa shape index (κ3) is 7.75. The number of carbonyl (C=O) groups is 1. The Morgan fingerprint density at radius 3 is 2.64 bits per heavy atom. The van der Waals surface area contributed by atoms with Gasteiger partial charge in [0.25, 0.3) is 0 Å². The lowest BCUT2D eigenvalue weighted by Crippen LogP contribution is -2.39. The van der Waals surface area contributed by atoms with Crippen LogP contribution in [0.25, 0.3) is 0 Å². The van der Waals surface area contributed by atoms with Crippen molar-refractivity contribution in [1.82, 2.24) is 10.6 Å². The molecule has 0 amide bonds. The SMILES string of the molecule is COCCCNC(=S)NCC(=O)OC. The molecule has 0 atom stereocenters. The molecule has 0 aromatic carbocycles. The number of hydrogen-bond donors (Lipinski definition) is 2. The zero-order valence-corrected chi connectivity index (χ0v) is 9.28. The summed E-state index contributed by atoms with van der Waals surface area (Å²) in [6, 6.07) is 0. The van der Waals surface area contributed by atoms with Crippen LogP contribution in [0.2, 0.25) is 0 Å². The van der Waals surface area contributed by atoms with Crippen molar-refractivity contribution in [1.29, 1.82) is 0 Å². The average Bonchev–Trinajstić information content (AvgIpc) is 2.21. The molecule has 0 aliphatic rings. The smallest absolute Gasteiger partial charge is 0.325 e. The molecule has 0 heterocycles. The van der Waals surface area contributed by atoms with E-state index in [0.29, 0.717) is 11.7 Å². The van der Waals surface area contributed by atoms with E-state index in [9.17, 15) is 4.79 Å². The van der Waals surface area contributed by atoms with E-state index in [1.807, 2.05) is 0 Å². The molecule has 0 aliphatic carbocycles. The Balaban J connectivity index is 3.32. The summed E-state index contributed by atoms with van der Waals surface area (Å²) in [7, 11) is 2.98. The van der Waals surface area contributed by atoms with Crippen molar-refractivity contribution in [2.45, 2.75) is 6.42 Å². The Morgan fingerprint density at radius 1 is 1.36 bits per heavy atom. The van der Waals surface area contributed by atoms with Crippen LogP contribution in [0.4, 0.5) is 0 Å². The van der Waals surface area contributed by atoms with Crippen LogP contribution in [0.15, 0.2) is 0 Å². The molecule has 2 N–H and O–H groups in total. The molecular weight excluding hydrogens is 204 g/mol. The molecule has 0 bridgehead atoms. The van der Waals surface area contributed by atoms with Gasteiger partial charge in [0.2, 0.25) is 0 Å². The summed E-state index contributed by atoms with van der Waals surface area (Å²) in [4.78, 5) is 10.7. The zero-order valence-electron chi connectivity index (χ0n) is 8.46. The summed E-state index contributed by atoms with van der Waals surface area (Å²) in [5.41, 5.74) is 0. The molecule has 0 aromatic rings. The molecule has 0 spiro atoms. The molecule has 0 unspecified atom stereocenters. The minimum absolute atomic E-state index is 0.0899. The summed E-state index contributed by atoms with van der Waals surface area (Å²) in [6.45, 7) is 1.50. The number of nitrogens with one attached hydrogen (secondary N) is 2. The number of rotatable bonds is 6. The van der Waals surface area contributed by atoms with Gasteiger partial charge in [-0.15, -0.1) is 0 Å². The van der Waals surface area contributed by atoms with Crippen molar-refractivity contribution < 1.29 is 14.3 Å². The van der Waals surface area contributed by atoms with Crippen molar-refractivity contribution in [2.75, 3.05) is 33.9 Å². The first-order valence-electron chi connectivity index (χ1n) is 4.28. The molecule has 0 aromatic heterocycles. The van der Waals surface area contributed by atoms with Gasteiger partial charge in [-0.3, -0.25) is 4.79 Å². The Bertz CT molecular complexity index is 187. The van der Waals surface area contributed by atoms with E-state index in [0.717, 1.165) is 13.0 Å². The van der Waals surface area contributed by atoms with Crippen molar-refractivity contribution in [3.8, 4) is 0 Å². The van der Waals surface area contributed by atoms with Gasteiger partial charge < -0.3 is 20.1 Å². The van der Waals surface area contributed by atoms with Gasteiger partial charge in [-0.2, -0.15) is 0 Å². The maximum atomic E-state index is 10.7.